The molecule has 0 fully saturated rings. The average molecular weight is 413 g/mol. The van der Waals surface area contributed by atoms with Gasteiger partial charge in [-0.25, -0.2) is 15.0 Å². The summed E-state index contributed by atoms with van der Waals surface area (Å²) in [6.45, 7) is 3.24. The lowest BCUT2D eigenvalue weighted by molar-refractivity contribution is -0.119. The van der Waals surface area contributed by atoms with Crippen LogP contribution in [0.4, 0.5) is 22.5 Å². The summed E-state index contributed by atoms with van der Waals surface area (Å²) in [5, 5.41) is 18.3. The van der Waals surface area contributed by atoms with Crippen molar-refractivity contribution in [1.29, 1.82) is 0 Å². The van der Waals surface area contributed by atoms with Gasteiger partial charge < -0.3 is 21.5 Å². The van der Waals surface area contributed by atoms with E-state index in [1.807, 2.05) is 0 Å². The molecule has 1 amide bonds. The van der Waals surface area contributed by atoms with Crippen molar-refractivity contribution in [2.24, 2.45) is 10.9 Å². The molecule has 3 aromatic rings. The number of nitrogens with two attached hydrogens (primary N) is 1. The Morgan fingerprint density at radius 2 is 2.10 bits per heavy atom. The summed E-state index contributed by atoms with van der Waals surface area (Å²) in [4.78, 5) is 36.4. The minimum atomic E-state index is -1.05. The van der Waals surface area contributed by atoms with E-state index in [1.54, 1.807) is 43.5 Å². The van der Waals surface area contributed by atoms with Crippen molar-refractivity contribution < 1.29 is 9.90 Å². The number of amides is 1. The Bertz CT molecular complexity index is 1040. The summed E-state index contributed by atoms with van der Waals surface area (Å²) in [7, 11) is 0. The highest BCUT2D eigenvalue weighted by atomic mass is 32.1. The van der Waals surface area contributed by atoms with E-state index in [2.05, 4.69) is 30.8 Å². The molecule has 2 aromatic heterocycles. The highest BCUT2D eigenvalue weighted by Crippen LogP contribution is 2.32. The minimum absolute atomic E-state index is 0.292. The Kier molecular flexibility index (Phi) is 6.22. The lowest BCUT2D eigenvalue weighted by Crippen LogP contribution is -2.43. The van der Waals surface area contributed by atoms with Crippen molar-refractivity contribution in [2.75, 3.05) is 10.6 Å². The van der Waals surface area contributed by atoms with Crippen LogP contribution in [0, 0.1) is 11.8 Å². The number of hydrogen-bond donors (Lipinski definition) is 4. The second-order valence-corrected chi connectivity index (χ2v) is 7.22. The quantitative estimate of drug-likeness (QED) is 0.431. The highest BCUT2D eigenvalue weighted by Gasteiger charge is 2.21. The van der Waals surface area contributed by atoms with Gasteiger partial charge in [0.2, 0.25) is 11.9 Å². The first-order valence-corrected chi connectivity index (χ1v) is 9.45. The number of aliphatic hydroxyl groups is 1. The molecule has 0 aliphatic rings. The smallest absolute Gasteiger partial charge is 0.245 e. The van der Waals surface area contributed by atoms with E-state index < -0.39 is 18.1 Å². The largest absolute Gasteiger partial charge is 0.391 e. The summed E-state index contributed by atoms with van der Waals surface area (Å²) in [6, 6.07) is 7.32. The zero-order valence-corrected chi connectivity index (χ0v) is 16.5. The summed E-state index contributed by atoms with van der Waals surface area (Å²) in [5.41, 5.74) is 7.84. The first kappa shape index (κ1) is 20.5. The molecule has 1 aromatic carbocycles. The van der Waals surface area contributed by atoms with Gasteiger partial charge in [0.1, 0.15) is 11.7 Å². The van der Waals surface area contributed by atoms with E-state index in [0.717, 1.165) is 4.88 Å². The zero-order chi connectivity index (χ0) is 21.0. The SMILES string of the molecule is Cc1nc(NC(=O)[C@H](N)[C@@H](C)O)sc1-c1ccnc(Nc2cccc(N=O)c2)n1. The third-order valence-electron chi connectivity index (χ3n) is 3.95. The van der Waals surface area contributed by atoms with Gasteiger partial charge in [0, 0.05) is 11.9 Å². The number of nitrogens with zero attached hydrogens (tertiary/aromatic N) is 4. The lowest BCUT2D eigenvalue weighted by atomic mass is 10.2. The standard InChI is InChI=1S/C18H19N7O3S/c1-9-15(29-18(21-9)24-16(27)14(19)10(2)26)13-6-7-20-17(23-13)22-11-4-3-5-12(8-11)25-28/h3-8,10,14,26H,19H2,1-2H3,(H,20,22,23)(H,21,24,27)/t10-,14-/m1/s1. The molecule has 0 spiro atoms. The number of benzene rings is 1. The van der Waals surface area contributed by atoms with Crippen LogP contribution in [-0.2, 0) is 4.79 Å². The molecule has 0 radical (unpaired) electrons. The number of nitroso groups, excluding NO2 is 1. The number of thiazole rings is 1. The Morgan fingerprint density at radius 1 is 1.31 bits per heavy atom. The number of anilines is 3. The Morgan fingerprint density at radius 3 is 2.83 bits per heavy atom. The van der Waals surface area contributed by atoms with Crippen molar-refractivity contribution in [3.05, 3.63) is 47.1 Å². The summed E-state index contributed by atoms with van der Waals surface area (Å²) in [5.74, 6) is -0.186. The number of aromatic nitrogens is 3. The predicted octanol–water partition coefficient (Wildman–Crippen LogP) is 2.70. The Labute approximate surface area is 170 Å². The van der Waals surface area contributed by atoms with Crippen LogP contribution in [0.15, 0.2) is 41.7 Å². The number of hydrogen-bond acceptors (Lipinski definition) is 10. The van der Waals surface area contributed by atoms with Gasteiger partial charge in [0.05, 0.1) is 22.4 Å². The van der Waals surface area contributed by atoms with Crippen LogP contribution in [0.25, 0.3) is 10.6 Å². The molecular weight excluding hydrogens is 394 g/mol. The summed E-state index contributed by atoms with van der Waals surface area (Å²) < 4.78 is 0. The molecule has 5 N–H and O–H groups in total. The van der Waals surface area contributed by atoms with Gasteiger partial charge in [-0.2, -0.15) is 0 Å². The third-order valence-corrected chi connectivity index (χ3v) is 5.04. The molecule has 11 heteroatoms. The van der Waals surface area contributed by atoms with Crippen LogP contribution >= 0.6 is 11.3 Å². The van der Waals surface area contributed by atoms with E-state index in [9.17, 15) is 14.8 Å². The van der Waals surface area contributed by atoms with Crippen molar-refractivity contribution in [1.82, 2.24) is 15.0 Å². The van der Waals surface area contributed by atoms with Crippen molar-refractivity contribution >= 4 is 39.7 Å². The molecule has 10 nitrogen and oxygen atoms in total. The molecule has 2 heterocycles. The normalized spacial score (nSPS) is 12.8. The predicted molar refractivity (Wildman–Crippen MR) is 111 cm³/mol. The van der Waals surface area contributed by atoms with Crippen molar-refractivity contribution in [3.63, 3.8) is 0 Å². The fourth-order valence-corrected chi connectivity index (χ4v) is 3.35. The number of aliphatic hydroxyl groups excluding tert-OH is 1. The number of carbonyl (C=O) groups is 1. The molecular formula is C18H19N7O3S. The number of rotatable bonds is 7. The van der Waals surface area contributed by atoms with Crippen LogP contribution in [0.1, 0.15) is 12.6 Å². The Balaban J connectivity index is 1.80. The van der Waals surface area contributed by atoms with Gasteiger partial charge in [-0.15, -0.1) is 4.91 Å². The van der Waals surface area contributed by atoms with Crippen LogP contribution in [0.5, 0.6) is 0 Å². The van der Waals surface area contributed by atoms with Crippen LogP contribution in [0.3, 0.4) is 0 Å². The monoisotopic (exact) mass is 413 g/mol. The van der Waals surface area contributed by atoms with Gasteiger partial charge in [-0.05, 0) is 43.3 Å². The molecule has 2 atom stereocenters. The first-order valence-electron chi connectivity index (χ1n) is 8.63. The second kappa shape index (κ2) is 8.82. The maximum atomic E-state index is 12.0. The molecule has 0 saturated heterocycles. The number of nitrogens with one attached hydrogen (secondary N) is 2. The van der Waals surface area contributed by atoms with Crippen LogP contribution in [-0.4, -0.2) is 38.1 Å². The minimum Gasteiger partial charge on any atom is -0.391 e. The molecule has 150 valence electrons. The average Bonchev–Trinajstić information content (AvgIpc) is 3.07. The molecule has 0 unspecified atom stereocenters. The summed E-state index contributed by atoms with van der Waals surface area (Å²) in [6.07, 6.45) is 0.617. The summed E-state index contributed by atoms with van der Waals surface area (Å²) >= 11 is 1.24. The van der Waals surface area contributed by atoms with E-state index in [-0.39, 0.29) is 0 Å². The fourth-order valence-electron chi connectivity index (χ4n) is 2.41. The Hall–Kier alpha value is -3.28. The van der Waals surface area contributed by atoms with Crippen molar-refractivity contribution in [2.45, 2.75) is 26.0 Å². The first-order chi connectivity index (χ1) is 13.9. The molecule has 0 aliphatic heterocycles. The van der Waals surface area contributed by atoms with Gasteiger partial charge in [0.25, 0.3) is 0 Å². The molecule has 0 saturated carbocycles. The number of carbonyl (C=O) groups excluding carboxylic acids is 1. The van der Waals surface area contributed by atoms with Crippen LogP contribution in [0.2, 0.25) is 0 Å². The maximum Gasteiger partial charge on any atom is 0.245 e. The van der Waals surface area contributed by atoms with E-state index in [1.165, 1.54) is 18.3 Å². The maximum absolute atomic E-state index is 12.0. The highest BCUT2D eigenvalue weighted by molar-refractivity contribution is 7.19. The van der Waals surface area contributed by atoms with E-state index in [4.69, 9.17) is 5.73 Å². The third kappa shape index (κ3) is 4.96. The van der Waals surface area contributed by atoms with Gasteiger partial charge in [-0.1, -0.05) is 17.4 Å². The second-order valence-electron chi connectivity index (χ2n) is 6.22. The van der Waals surface area contributed by atoms with Crippen LogP contribution < -0.4 is 16.4 Å². The topological polar surface area (TPSA) is 155 Å². The zero-order valence-electron chi connectivity index (χ0n) is 15.7. The van der Waals surface area contributed by atoms with Gasteiger partial charge in [0.15, 0.2) is 5.13 Å². The van der Waals surface area contributed by atoms with Crippen molar-refractivity contribution in [3.8, 4) is 10.6 Å². The molecule has 29 heavy (non-hydrogen) atoms. The lowest BCUT2D eigenvalue weighted by Gasteiger charge is -2.12. The van der Waals surface area contributed by atoms with Gasteiger partial charge >= 0.3 is 0 Å². The van der Waals surface area contributed by atoms with Gasteiger partial charge in [-0.3, -0.25) is 4.79 Å². The molecule has 3 rings (SSSR count). The van der Waals surface area contributed by atoms with E-state index >= 15 is 0 Å². The number of aryl methyl sites for hydroxylation is 1. The molecule has 0 bridgehead atoms. The van der Waals surface area contributed by atoms with E-state index in [0.29, 0.717) is 33.8 Å². The fraction of sp³-hybridized carbons (Fsp3) is 0.222. The molecule has 0 aliphatic carbocycles.